The fourth-order valence-electron chi connectivity index (χ4n) is 3.29. The largest absolute Gasteiger partial charge is 0.329 e. The van der Waals surface area contributed by atoms with E-state index in [-0.39, 0.29) is 11.9 Å². The van der Waals surface area contributed by atoms with Gasteiger partial charge < -0.3 is 9.80 Å². The van der Waals surface area contributed by atoms with Gasteiger partial charge in [0, 0.05) is 31.4 Å². The third-order valence-electron chi connectivity index (χ3n) is 4.67. The first-order chi connectivity index (χ1) is 12.7. The van der Waals surface area contributed by atoms with E-state index in [2.05, 4.69) is 39.1 Å². The van der Waals surface area contributed by atoms with Gasteiger partial charge in [-0.05, 0) is 24.7 Å². The Balaban J connectivity index is 1.65. The van der Waals surface area contributed by atoms with Crippen LogP contribution in [-0.2, 0) is 0 Å². The Morgan fingerprint density at radius 1 is 1.15 bits per heavy atom. The lowest BCUT2D eigenvalue weighted by Crippen LogP contribution is -2.49. The van der Waals surface area contributed by atoms with Crippen LogP contribution in [0.5, 0.6) is 0 Å². The van der Waals surface area contributed by atoms with Crippen molar-refractivity contribution in [2.45, 2.75) is 6.04 Å². The molecule has 4 rings (SSSR count). The monoisotopic (exact) mass is 348 g/mol. The highest BCUT2D eigenvalue weighted by molar-refractivity contribution is 5.95. The molecule has 1 saturated heterocycles. The molecule has 0 spiro atoms. The molecule has 1 aromatic carbocycles. The molecule has 132 valence electrons. The molecule has 0 radical (unpaired) electrons. The number of pyridine rings is 1. The molecular weight excluding hydrogens is 328 g/mol. The Morgan fingerprint density at radius 3 is 2.77 bits per heavy atom. The maximum Gasteiger partial charge on any atom is 0.254 e. The van der Waals surface area contributed by atoms with Crippen molar-refractivity contribution in [2.24, 2.45) is 0 Å². The van der Waals surface area contributed by atoms with Crippen LogP contribution >= 0.6 is 0 Å². The Labute approximate surface area is 151 Å². The standard InChI is InChI=1S/C19H20N6O/c1-23-9-10-24(17(12-23)15-5-3-2-4-6-15)19(26)16-7-8-21-18(11-16)25-14-20-13-22-25/h2-8,11,13-14,17H,9-10,12H2,1H3. The maximum absolute atomic E-state index is 13.2. The Bertz CT molecular complexity index is 880. The Morgan fingerprint density at radius 2 is 2.00 bits per heavy atom. The van der Waals surface area contributed by atoms with Crippen molar-refractivity contribution >= 4 is 5.91 Å². The van der Waals surface area contributed by atoms with Crippen LogP contribution in [0.1, 0.15) is 22.0 Å². The molecule has 26 heavy (non-hydrogen) atoms. The zero-order chi connectivity index (χ0) is 17.9. The number of piperazine rings is 1. The van der Waals surface area contributed by atoms with Gasteiger partial charge in [-0.25, -0.2) is 14.6 Å². The van der Waals surface area contributed by atoms with Gasteiger partial charge in [-0.15, -0.1) is 0 Å². The van der Waals surface area contributed by atoms with Gasteiger partial charge in [-0.2, -0.15) is 5.10 Å². The van der Waals surface area contributed by atoms with Gasteiger partial charge in [-0.1, -0.05) is 30.3 Å². The number of rotatable bonds is 3. The molecule has 7 nitrogen and oxygen atoms in total. The van der Waals surface area contributed by atoms with Gasteiger partial charge in [0.2, 0.25) is 0 Å². The quantitative estimate of drug-likeness (QED) is 0.722. The first-order valence-electron chi connectivity index (χ1n) is 8.58. The van der Waals surface area contributed by atoms with Crippen molar-refractivity contribution in [3.8, 4) is 5.82 Å². The van der Waals surface area contributed by atoms with Gasteiger partial charge in [0.15, 0.2) is 5.82 Å². The average molecular weight is 348 g/mol. The van der Waals surface area contributed by atoms with E-state index < -0.39 is 0 Å². The maximum atomic E-state index is 13.2. The average Bonchev–Trinajstić information content (AvgIpc) is 3.23. The molecule has 3 aromatic rings. The number of likely N-dealkylation sites (N-methyl/N-ethyl adjacent to an activating group) is 1. The van der Waals surface area contributed by atoms with Crippen molar-refractivity contribution in [1.82, 2.24) is 29.5 Å². The minimum absolute atomic E-state index is 0.00992. The lowest BCUT2D eigenvalue weighted by atomic mass is 10.0. The fraction of sp³-hybridized carbons (Fsp3) is 0.263. The number of aromatic nitrogens is 4. The molecule has 0 bridgehead atoms. The van der Waals surface area contributed by atoms with Crippen molar-refractivity contribution in [3.05, 3.63) is 72.4 Å². The third kappa shape index (κ3) is 3.21. The summed E-state index contributed by atoms with van der Waals surface area (Å²) in [5.41, 5.74) is 1.76. The van der Waals surface area contributed by atoms with E-state index in [1.54, 1.807) is 29.3 Å². The summed E-state index contributed by atoms with van der Waals surface area (Å²) in [7, 11) is 2.09. The molecule has 0 aliphatic carbocycles. The van der Waals surface area contributed by atoms with E-state index in [1.807, 2.05) is 23.1 Å². The van der Waals surface area contributed by atoms with Crippen LogP contribution < -0.4 is 0 Å². The van der Waals surface area contributed by atoms with Crippen LogP contribution in [0.4, 0.5) is 0 Å². The molecular formula is C19H20N6O. The molecule has 1 amide bonds. The minimum Gasteiger partial charge on any atom is -0.329 e. The lowest BCUT2D eigenvalue weighted by Gasteiger charge is -2.40. The van der Waals surface area contributed by atoms with E-state index in [4.69, 9.17) is 0 Å². The molecule has 7 heteroatoms. The van der Waals surface area contributed by atoms with E-state index >= 15 is 0 Å². The SMILES string of the molecule is CN1CCN(C(=O)c2ccnc(-n3cncn3)c2)C(c2ccccc2)C1. The summed E-state index contributed by atoms with van der Waals surface area (Å²) in [6.07, 6.45) is 4.65. The zero-order valence-electron chi connectivity index (χ0n) is 14.6. The summed E-state index contributed by atoms with van der Waals surface area (Å²) in [6, 6.07) is 13.7. The molecule has 0 N–H and O–H groups in total. The van der Waals surface area contributed by atoms with Crippen LogP contribution in [0, 0.1) is 0 Å². The normalized spacial score (nSPS) is 18.0. The minimum atomic E-state index is 0.00992. The molecule has 1 aliphatic rings. The van der Waals surface area contributed by atoms with Gasteiger partial charge in [0.1, 0.15) is 12.7 Å². The van der Waals surface area contributed by atoms with Gasteiger partial charge in [0.25, 0.3) is 5.91 Å². The third-order valence-corrected chi connectivity index (χ3v) is 4.67. The van der Waals surface area contributed by atoms with Crippen molar-refractivity contribution in [3.63, 3.8) is 0 Å². The molecule has 1 atom stereocenters. The molecule has 2 aromatic heterocycles. The smallest absolute Gasteiger partial charge is 0.254 e. The Hall–Kier alpha value is -3.06. The molecule has 0 saturated carbocycles. The molecule has 1 unspecified atom stereocenters. The van der Waals surface area contributed by atoms with Gasteiger partial charge in [-0.3, -0.25) is 4.79 Å². The van der Waals surface area contributed by atoms with Crippen molar-refractivity contribution < 1.29 is 4.79 Å². The van der Waals surface area contributed by atoms with Gasteiger partial charge in [0.05, 0.1) is 6.04 Å². The Kier molecular flexibility index (Phi) is 4.45. The van der Waals surface area contributed by atoms with Crippen LogP contribution in [0.15, 0.2) is 61.3 Å². The number of hydrogen-bond donors (Lipinski definition) is 0. The lowest BCUT2D eigenvalue weighted by molar-refractivity contribution is 0.0498. The number of amides is 1. The molecule has 3 heterocycles. The molecule has 1 aliphatic heterocycles. The second-order valence-electron chi connectivity index (χ2n) is 6.43. The summed E-state index contributed by atoms with van der Waals surface area (Å²) < 4.78 is 1.55. The summed E-state index contributed by atoms with van der Waals surface area (Å²) in [4.78, 5) is 25.7. The highest BCUT2D eigenvalue weighted by Gasteiger charge is 2.31. The van der Waals surface area contributed by atoms with Gasteiger partial charge >= 0.3 is 0 Å². The summed E-state index contributed by atoms with van der Waals surface area (Å²) in [6.45, 7) is 2.36. The predicted molar refractivity (Wildman–Crippen MR) is 96.9 cm³/mol. The van der Waals surface area contributed by atoms with E-state index in [1.165, 1.54) is 6.33 Å². The van der Waals surface area contributed by atoms with Crippen LogP contribution in [0.2, 0.25) is 0 Å². The topological polar surface area (TPSA) is 67.2 Å². The van der Waals surface area contributed by atoms with Crippen LogP contribution in [0.3, 0.4) is 0 Å². The van der Waals surface area contributed by atoms with E-state index in [0.717, 1.165) is 18.7 Å². The number of hydrogen-bond acceptors (Lipinski definition) is 5. The number of nitrogens with zero attached hydrogens (tertiary/aromatic N) is 6. The first kappa shape index (κ1) is 16.4. The van der Waals surface area contributed by atoms with Crippen LogP contribution in [-0.4, -0.2) is 62.1 Å². The van der Waals surface area contributed by atoms with E-state index in [0.29, 0.717) is 17.9 Å². The second kappa shape index (κ2) is 7.05. The molecule has 1 fully saturated rings. The number of benzene rings is 1. The van der Waals surface area contributed by atoms with Crippen molar-refractivity contribution in [1.29, 1.82) is 0 Å². The summed E-state index contributed by atoms with van der Waals surface area (Å²) in [5.74, 6) is 0.592. The summed E-state index contributed by atoms with van der Waals surface area (Å²) >= 11 is 0. The number of carbonyl (C=O) groups excluding carboxylic acids is 1. The first-order valence-corrected chi connectivity index (χ1v) is 8.58. The van der Waals surface area contributed by atoms with Crippen molar-refractivity contribution in [2.75, 3.05) is 26.7 Å². The highest BCUT2D eigenvalue weighted by Crippen LogP contribution is 2.26. The summed E-state index contributed by atoms with van der Waals surface area (Å²) in [5, 5.41) is 4.08. The number of carbonyl (C=O) groups is 1. The fourth-order valence-corrected chi connectivity index (χ4v) is 3.29. The highest BCUT2D eigenvalue weighted by atomic mass is 16.2. The zero-order valence-corrected chi connectivity index (χ0v) is 14.6. The van der Waals surface area contributed by atoms with E-state index in [9.17, 15) is 4.79 Å². The second-order valence-corrected chi connectivity index (χ2v) is 6.43. The van der Waals surface area contributed by atoms with Crippen LogP contribution in [0.25, 0.3) is 5.82 Å². The predicted octanol–water partition coefficient (Wildman–Crippen LogP) is 1.79.